The highest BCUT2D eigenvalue weighted by Gasteiger charge is 2.13. The fourth-order valence-electron chi connectivity index (χ4n) is 2.32. The maximum atomic E-state index is 12.3. The summed E-state index contributed by atoms with van der Waals surface area (Å²) < 4.78 is 1.87. The third-order valence-electron chi connectivity index (χ3n) is 3.69. The number of anilines is 1. The van der Waals surface area contributed by atoms with Crippen molar-refractivity contribution in [2.24, 2.45) is 0 Å². The van der Waals surface area contributed by atoms with Gasteiger partial charge in [0, 0.05) is 17.4 Å². The lowest BCUT2D eigenvalue weighted by Crippen LogP contribution is -2.13. The molecule has 3 aromatic rings. The molecule has 0 aliphatic heterocycles. The Bertz CT molecular complexity index is 810. The Morgan fingerprint density at radius 3 is 2.55 bits per heavy atom. The largest absolute Gasteiger partial charge is 0.322 e. The second-order valence-corrected chi connectivity index (χ2v) is 6.42. The summed E-state index contributed by atoms with van der Waals surface area (Å²) in [6, 6.07) is 11.6. The second-order valence-electron chi connectivity index (χ2n) is 6.42. The summed E-state index contributed by atoms with van der Waals surface area (Å²) in [5.41, 5.74) is 3.66. The zero-order chi connectivity index (χ0) is 15.7. The number of fused-ring (bicyclic) bond motifs is 1. The molecule has 0 aliphatic carbocycles. The van der Waals surface area contributed by atoms with Crippen molar-refractivity contribution in [2.75, 3.05) is 5.32 Å². The van der Waals surface area contributed by atoms with Crippen molar-refractivity contribution in [1.82, 2.24) is 9.38 Å². The van der Waals surface area contributed by atoms with Crippen molar-refractivity contribution >= 4 is 17.1 Å². The van der Waals surface area contributed by atoms with Gasteiger partial charge in [0.05, 0.1) is 18.0 Å². The molecule has 1 N–H and O–H groups in total. The van der Waals surface area contributed by atoms with Crippen molar-refractivity contribution in [3.05, 3.63) is 66.2 Å². The molecule has 22 heavy (non-hydrogen) atoms. The number of aromatic nitrogens is 2. The molecule has 2 aromatic heterocycles. The van der Waals surface area contributed by atoms with Crippen LogP contribution in [-0.4, -0.2) is 15.3 Å². The molecule has 0 unspecified atom stereocenters. The summed E-state index contributed by atoms with van der Waals surface area (Å²) in [6.45, 7) is 6.50. The number of hydrogen-bond donors (Lipinski definition) is 1. The standard InChI is InChI=1S/C18H19N3O/c1-18(2,3)14-4-6-15(7-5-14)20-17(22)13-8-9-21-12-19-11-16(21)10-13/h4-12H,1-3H3,(H,20,22). The fourth-order valence-corrected chi connectivity index (χ4v) is 2.32. The minimum absolute atomic E-state index is 0.107. The number of benzene rings is 1. The van der Waals surface area contributed by atoms with Gasteiger partial charge in [0.2, 0.25) is 0 Å². The fraction of sp³-hybridized carbons (Fsp3) is 0.222. The van der Waals surface area contributed by atoms with Gasteiger partial charge >= 0.3 is 0 Å². The van der Waals surface area contributed by atoms with E-state index < -0.39 is 0 Å². The molecule has 0 atom stereocenters. The quantitative estimate of drug-likeness (QED) is 0.779. The monoisotopic (exact) mass is 293 g/mol. The first-order chi connectivity index (χ1) is 10.4. The number of nitrogens with zero attached hydrogens (tertiary/aromatic N) is 2. The lowest BCUT2D eigenvalue weighted by molar-refractivity contribution is 0.102. The van der Waals surface area contributed by atoms with Crippen molar-refractivity contribution in [2.45, 2.75) is 26.2 Å². The first-order valence-corrected chi connectivity index (χ1v) is 7.27. The minimum atomic E-state index is -0.118. The number of rotatable bonds is 2. The van der Waals surface area contributed by atoms with Crippen molar-refractivity contribution in [1.29, 1.82) is 0 Å². The summed E-state index contributed by atoms with van der Waals surface area (Å²) in [7, 11) is 0. The van der Waals surface area contributed by atoms with E-state index in [0.29, 0.717) is 5.56 Å². The van der Waals surface area contributed by atoms with Crippen LogP contribution >= 0.6 is 0 Å². The highest BCUT2D eigenvalue weighted by atomic mass is 16.1. The zero-order valence-electron chi connectivity index (χ0n) is 13.0. The topological polar surface area (TPSA) is 46.4 Å². The van der Waals surface area contributed by atoms with Gasteiger partial charge in [-0.15, -0.1) is 0 Å². The summed E-state index contributed by atoms with van der Waals surface area (Å²) in [5.74, 6) is -0.118. The van der Waals surface area contributed by atoms with Gasteiger partial charge < -0.3 is 9.72 Å². The molecular weight excluding hydrogens is 274 g/mol. The SMILES string of the molecule is CC(C)(C)c1ccc(NC(=O)c2ccn3cncc3c2)cc1. The molecule has 4 nitrogen and oxygen atoms in total. The van der Waals surface area contributed by atoms with Gasteiger partial charge in [-0.3, -0.25) is 4.79 Å². The van der Waals surface area contributed by atoms with E-state index in [1.165, 1.54) is 5.56 Å². The number of carbonyl (C=O) groups is 1. The Labute approximate surface area is 129 Å². The van der Waals surface area contributed by atoms with E-state index in [-0.39, 0.29) is 11.3 Å². The average Bonchev–Trinajstić information content (AvgIpc) is 2.94. The Kier molecular flexibility index (Phi) is 3.45. The van der Waals surface area contributed by atoms with Crippen LogP contribution in [-0.2, 0) is 5.41 Å². The molecule has 0 spiro atoms. The number of carbonyl (C=O) groups excluding carboxylic acids is 1. The summed E-state index contributed by atoms with van der Waals surface area (Å²) >= 11 is 0. The van der Waals surface area contributed by atoms with Gasteiger partial charge in [-0.05, 0) is 35.2 Å². The molecule has 112 valence electrons. The average molecular weight is 293 g/mol. The van der Waals surface area contributed by atoms with E-state index in [0.717, 1.165) is 11.2 Å². The van der Waals surface area contributed by atoms with E-state index in [9.17, 15) is 4.79 Å². The van der Waals surface area contributed by atoms with Crippen LogP contribution in [0.3, 0.4) is 0 Å². The van der Waals surface area contributed by atoms with Gasteiger partial charge in [0.25, 0.3) is 5.91 Å². The molecule has 1 amide bonds. The van der Waals surface area contributed by atoms with E-state index in [4.69, 9.17) is 0 Å². The molecule has 0 saturated carbocycles. The van der Waals surface area contributed by atoms with Crippen LogP contribution in [0.15, 0.2) is 55.1 Å². The number of pyridine rings is 1. The van der Waals surface area contributed by atoms with Gasteiger partial charge in [-0.25, -0.2) is 4.98 Å². The van der Waals surface area contributed by atoms with E-state index in [2.05, 4.69) is 43.2 Å². The highest BCUT2D eigenvalue weighted by Crippen LogP contribution is 2.23. The van der Waals surface area contributed by atoms with E-state index >= 15 is 0 Å². The van der Waals surface area contributed by atoms with Gasteiger partial charge in [-0.1, -0.05) is 32.9 Å². The zero-order valence-corrected chi connectivity index (χ0v) is 13.0. The van der Waals surface area contributed by atoms with Crippen LogP contribution in [0.5, 0.6) is 0 Å². The Hall–Kier alpha value is -2.62. The summed E-state index contributed by atoms with van der Waals surface area (Å²) in [4.78, 5) is 16.4. The maximum absolute atomic E-state index is 12.3. The number of hydrogen-bond acceptors (Lipinski definition) is 2. The third kappa shape index (κ3) is 2.86. The molecule has 1 aromatic carbocycles. The van der Waals surface area contributed by atoms with Crippen LogP contribution in [0.25, 0.3) is 5.52 Å². The van der Waals surface area contributed by atoms with Crippen LogP contribution in [0, 0.1) is 0 Å². The first-order valence-electron chi connectivity index (χ1n) is 7.27. The molecule has 2 heterocycles. The van der Waals surface area contributed by atoms with E-state index in [1.54, 1.807) is 18.6 Å². The molecule has 0 fully saturated rings. The summed E-state index contributed by atoms with van der Waals surface area (Å²) in [6.07, 6.45) is 5.27. The molecule has 0 saturated heterocycles. The summed E-state index contributed by atoms with van der Waals surface area (Å²) in [5, 5.41) is 2.93. The highest BCUT2D eigenvalue weighted by molar-refractivity contribution is 6.04. The number of imidazole rings is 1. The first kappa shape index (κ1) is 14.3. The minimum Gasteiger partial charge on any atom is -0.322 e. The number of amides is 1. The third-order valence-corrected chi connectivity index (χ3v) is 3.69. The smallest absolute Gasteiger partial charge is 0.255 e. The Balaban J connectivity index is 1.78. The molecular formula is C18H19N3O. The normalized spacial score (nSPS) is 11.6. The van der Waals surface area contributed by atoms with Crippen LogP contribution < -0.4 is 5.32 Å². The van der Waals surface area contributed by atoms with E-state index in [1.807, 2.05) is 28.8 Å². The molecule has 3 rings (SSSR count). The van der Waals surface area contributed by atoms with Gasteiger partial charge in [0.15, 0.2) is 0 Å². The molecule has 0 bridgehead atoms. The van der Waals surface area contributed by atoms with Gasteiger partial charge in [-0.2, -0.15) is 0 Å². The predicted molar refractivity (Wildman–Crippen MR) is 88.3 cm³/mol. The lowest BCUT2D eigenvalue weighted by atomic mass is 9.87. The maximum Gasteiger partial charge on any atom is 0.255 e. The van der Waals surface area contributed by atoms with Crippen molar-refractivity contribution < 1.29 is 4.79 Å². The van der Waals surface area contributed by atoms with Gasteiger partial charge in [0.1, 0.15) is 0 Å². The second kappa shape index (κ2) is 5.30. The molecule has 4 heteroatoms. The van der Waals surface area contributed by atoms with Crippen molar-refractivity contribution in [3.63, 3.8) is 0 Å². The Morgan fingerprint density at radius 2 is 1.86 bits per heavy atom. The lowest BCUT2D eigenvalue weighted by Gasteiger charge is -2.19. The molecule has 0 radical (unpaired) electrons. The van der Waals surface area contributed by atoms with Crippen molar-refractivity contribution in [3.8, 4) is 0 Å². The van der Waals surface area contributed by atoms with Crippen LogP contribution in [0.4, 0.5) is 5.69 Å². The predicted octanol–water partition coefficient (Wildman–Crippen LogP) is 3.88. The number of nitrogens with one attached hydrogen (secondary N) is 1. The molecule has 0 aliphatic rings. The Morgan fingerprint density at radius 1 is 1.14 bits per heavy atom. The van der Waals surface area contributed by atoms with Crippen LogP contribution in [0.2, 0.25) is 0 Å². The van der Waals surface area contributed by atoms with Crippen LogP contribution in [0.1, 0.15) is 36.7 Å².